The van der Waals surface area contributed by atoms with Crippen LogP contribution in [0.5, 0.6) is 0 Å². The summed E-state index contributed by atoms with van der Waals surface area (Å²) in [6, 6.07) is 9.79. The molecule has 0 unspecified atom stereocenters. The number of nitrogens with one attached hydrogen (secondary N) is 1. The molecular weight excluding hydrogens is 511 g/mol. The number of carbonyl (C=O) groups is 3. The summed E-state index contributed by atoms with van der Waals surface area (Å²) < 4.78 is 0.682. The molecule has 144 valence electrons. The van der Waals surface area contributed by atoms with E-state index in [2.05, 4.69) is 21.2 Å². The molecule has 2 aromatic carbocycles. The third-order valence-electron chi connectivity index (χ3n) is 3.65. The SMILES string of the molecule is O=C(CN1C(=O)S/C(=C/c2c(Cl)cccc2Cl)C1=O)Nc1ccc(Br)c(Cl)c1. The van der Waals surface area contributed by atoms with Crippen LogP contribution < -0.4 is 5.32 Å². The van der Waals surface area contributed by atoms with Crippen LogP contribution in [0.3, 0.4) is 0 Å². The molecule has 0 atom stereocenters. The topological polar surface area (TPSA) is 66.5 Å². The van der Waals surface area contributed by atoms with E-state index in [0.29, 0.717) is 30.8 Å². The first kappa shape index (κ1) is 21.2. The van der Waals surface area contributed by atoms with Gasteiger partial charge in [-0.15, -0.1) is 0 Å². The van der Waals surface area contributed by atoms with Gasteiger partial charge in [0, 0.05) is 25.8 Å². The fourth-order valence-electron chi connectivity index (χ4n) is 2.33. The second-order valence-corrected chi connectivity index (χ2v) is 8.65. The zero-order valence-electron chi connectivity index (χ0n) is 13.8. The summed E-state index contributed by atoms with van der Waals surface area (Å²) in [7, 11) is 0. The Labute approximate surface area is 188 Å². The second-order valence-electron chi connectivity index (χ2n) is 5.58. The molecule has 1 saturated heterocycles. The van der Waals surface area contributed by atoms with Gasteiger partial charge in [-0.25, -0.2) is 0 Å². The molecule has 0 aromatic heterocycles. The summed E-state index contributed by atoms with van der Waals surface area (Å²) in [5, 5.41) is 3.17. The number of rotatable bonds is 4. The van der Waals surface area contributed by atoms with E-state index in [1.807, 2.05) is 0 Å². The minimum atomic E-state index is -0.588. The van der Waals surface area contributed by atoms with Crippen LogP contribution in [0.1, 0.15) is 5.56 Å². The van der Waals surface area contributed by atoms with E-state index in [0.717, 1.165) is 16.7 Å². The molecular formula is C18H10BrCl3N2O3S. The molecule has 0 radical (unpaired) electrons. The van der Waals surface area contributed by atoms with Gasteiger partial charge in [0.25, 0.3) is 11.1 Å². The number of amides is 3. The van der Waals surface area contributed by atoms with Crippen molar-refractivity contribution in [1.82, 2.24) is 4.90 Å². The van der Waals surface area contributed by atoms with Gasteiger partial charge < -0.3 is 5.32 Å². The van der Waals surface area contributed by atoms with E-state index in [9.17, 15) is 14.4 Å². The molecule has 0 spiro atoms. The lowest BCUT2D eigenvalue weighted by molar-refractivity contribution is -0.127. The van der Waals surface area contributed by atoms with E-state index >= 15 is 0 Å². The molecule has 28 heavy (non-hydrogen) atoms. The van der Waals surface area contributed by atoms with E-state index in [1.165, 1.54) is 6.08 Å². The van der Waals surface area contributed by atoms with Crippen molar-refractivity contribution in [2.45, 2.75) is 0 Å². The molecule has 0 saturated carbocycles. The van der Waals surface area contributed by atoms with E-state index < -0.39 is 23.6 Å². The maximum Gasteiger partial charge on any atom is 0.294 e. The lowest BCUT2D eigenvalue weighted by Crippen LogP contribution is -2.36. The van der Waals surface area contributed by atoms with Crippen molar-refractivity contribution in [3.63, 3.8) is 0 Å². The number of hydrogen-bond donors (Lipinski definition) is 1. The Kier molecular flexibility index (Phi) is 6.73. The number of benzene rings is 2. The highest BCUT2D eigenvalue weighted by Crippen LogP contribution is 2.35. The fraction of sp³-hybridized carbons (Fsp3) is 0.0556. The summed E-state index contributed by atoms with van der Waals surface area (Å²) in [5.41, 5.74) is 0.883. The molecule has 5 nitrogen and oxygen atoms in total. The van der Waals surface area contributed by atoms with Crippen molar-refractivity contribution < 1.29 is 14.4 Å². The standard InChI is InChI=1S/C18H10BrCl3N2O3S/c19-11-5-4-9(6-14(11)22)23-16(25)8-24-17(26)15(28-18(24)27)7-10-12(20)2-1-3-13(10)21/h1-7H,8H2,(H,23,25)/b15-7+. The van der Waals surface area contributed by atoms with Crippen molar-refractivity contribution in [1.29, 1.82) is 0 Å². The van der Waals surface area contributed by atoms with Gasteiger partial charge in [0.1, 0.15) is 6.54 Å². The van der Waals surface area contributed by atoms with Crippen molar-refractivity contribution in [2.75, 3.05) is 11.9 Å². The summed E-state index contributed by atoms with van der Waals surface area (Å²) in [4.78, 5) is 38.0. The zero-order chi connectivity index (χ0) is 20.4. The van der Waals surface area contributed by atoms with Crippen LogP contribution in [0.25, 0.3) is 6.08 Å². The van der Waals surface area contributed by atoms with Gasteiger partial charge in [0.2, 0.25) is 5.91 Å². The molecule has 1 N–H and O–H groups in total. The Morgan fingerprint density at radius 3 is 2.43 bits per heavy atom. The monoisotopic (exact) mass is 518 g/mol. The molecule has 1 aliphatic rings. The predicted molar refractivity (Wildman–Crippen MR) is 117 cm³/mol. The highest BCUT2D eigenvalue weighted by atomic mass is 79.9. The highest BCUT2D eigenvalue weighted by molar-refractivity contribution is 9.10. The van der Waals surface area contributed by atoms with Crippen LogP contribution in [0.4, 0.5) is 10.5 Å². The van der Waals surface area contributed by atoms with Crippen LogP contribution in [-0.2, 0) is 9.59 Å². The van der Waals surface area contributed by atoms with Crippen molar-refractivity contribution in [2.24, 2.45) is 0 Å². The number of thioether (sulfide) groups is 1. The normalized spacial score (nSPS) is 15.4. The third kappa shape index (κ3) is 4.72. The third-order valence-corrected chi connectivity index (χ3v) is 6.45. The Hall–Kier alpha value is -1.51. The Bertz CT molecular complexity index is 1010. The van der Waals surface area contributed by atoms with Gasteiger partial charge in [0.15, 0.2) is 0 Å². The molecule has 3 amide bonds. The largest absolute Gasteiger partial charge is 0.324 e. The predicted octanol–water partition coefficient (Wildman–Crippen LogP) is 6.08. The Morgan fingerprint density at radius 2 is 1.79 bits per heavy atom. The average Bonchev–Trinajstić information content (AvgIpc) is 2.89. The number of hydrogen-bond acceptors (Lipinski definition) is 4. The molecule has 1 aliphatic heterocycles. The molecule has 10 heteroatoms. The minimum absolute atomic E-state index is 0.138. The molecule has 2 aromatic rings. The highest BCUT2D eigenvalue weighted by Gasteiger charge is 2.36. The van der Waals surface area contributed by atoms with Gasteiger partial charge >= 0.3 is 0 Å². The van der Waals surface area contributed by atoms with Crippen molar-refractivity contribution in [3.05, 3.63) is 66.4 Å². The Balaban J connectivity index is 1.74. The number of imide groups is 1. The second kappa shape index (κ2) is 8.88. The first-order valence-corrected chi connectivity index (χ1v) is 10.4. The van der Waals surface area contributed by atoms with Gasteiger partial charge in [-0.1, -0.05) is 40.9 Å². The summed E-state index contributed by atoms with van der Waals surface area (Å²) in [6.07, 6.45) is 1.45. The van der Waals surface area contributed by atoms with E-state index in [4.69, 9.17) is 34.8 Å². The summed E-state index contributed by atoms with van der Waals surface area (Å²) in [5.74, 6) is -1.12. The molecule has 3 rings (SSSR count). The number of anilines is 1. The lowest BCUT2D eigenvalue weighted by atomic mass is 10.2. The molecule has 1 heterocycles. The minimum Gasteiger partial charge on any atom is -0.324 e. The molecule has 0 aliphatic carbocycles. The lowest BCUT2D eigenvalue weighted by Gasteiger charge is -2.12. The van der Waals surface area contributed by atoms with Crippen LogP contribution in [0.2, 0.25) is 15.1 Å². The van der Waals surface area contributed by atoms with Crippen molar-refractivity contribution >= 4 is 91.3 Å². The van der Waals surface area contributed by atoms with E-state index in [1.54, 1.807) is 36.4 Å². The van der Waals surface area contributed by atoms with E-state index in [-0.39, 0.29) is 4.91 Å². The number of nitrogens with zero attached hydrogens (tertiary/aromatic N) is 1. The van der Waals surface area contributed by atoms with Crippen LogP contribution in [-0.4, -0.2) is 28.5 Å². The molecule has 1 fully saturated rings. The van der Waals surface area contributed by atoms with Crippen LogP contribution >= 0.6 is 62.5 Å². The van der Waals surface area contributed by atoms with Crippen molar-refractivity contribution in [3.8, 4) is 0 Å². The average molecular weight is 521 g/mol. The maximum absolute atomic E-state index is 12.6. The van der Waals surface area contributed by atoms with Gasteiger partial charge in [-0.3, -0.25) is 19.3 Å². The number of halogens is 4. The van der Waals surface area contributed by atoms with Gasteiger partial charge in [-0.05, 0) is 64.1 Å². The van der Waals surface area contributed by atoms with Gasteiger partial charge in [-0.2, -0.15) is 0 Å². The van der Waals surface area contributed by atoms with Crippen LogP contribution in [0, 0.1) is 0 Å². The zero-order valence-corrected chi connectivity index (χ0v) is 18.5. The maximum atomic E-state index is 12.6. The van der Waals surface area contributed by atoms with Crippen LogP contribution in [0.15, 0.2) is 45.8 Å². The fourth-order valence-corrected chi connectivity index (χ4v) is 4.09. The first-order chi connectivity index (χ1) is 13.3. The smallest absolute Gasteiger partial charge is 0.294 e. The molecule has 0 bridgehead atoms. The first-order valence-electron chi connectivity index (χ1n) is 7.70. The Morgan fingerprint density at radius 1 is 1.11 bits per heavy atom. The quantitative estimate of drug-likeness (QED) is 0.496. The van der Waals surface area contributed by atoms with Gasteiger partial charge in [0.05, 0.1) is 9.93 Å². The summed E-state index contributed by atoms with van der Waals surface area (Å²) >= 11 is 22.2. The number of carbonyl (C=O) groups excluding carboxylic acids is 3. The summed E-state index contributed by atoms with van der Waals surface area (Å²) in [6.45, 7) is -0.425.